The summed E-state index contributed by atoms with van der Waals surface area (Å²) in [5.74, 6) is 0. The van der Waals surface area contributed by atoms with Gasteiger partial charge >= 0.3 is 0 Å². The van der Waals surface area contributed by atoms with Crippen LogP contribution in [-0.2, 0) is 5.60 Å². The number of hydrogen-bond acceptors (Lipinski definition) is 3. The number of piperidine rings is 1. The van der Waals surface area contributed by atoms with Gasteiger partial charge in [-0.3, -0.25) is 0 Å². The number of nitrogens with two attached hydrogens (primary N) is 1. The summed E-state index contributed by atoms with van der Waals surface area (Å²) in [5, 5.41) is 13.6. The van der Waals surface area contributed by atoms with Crippen molar-refractivity contribution in [3.63, 3.8) is 0 Å². The molecule has 0 bridgehead atoms. The van der Waals surface area contributed by atoms with Gasteiger partial charge < -0.3 is 16.2 Å². The van der Waals surface area contributed by atoms with E-state index in [4.69, 9.17) is 5.73 Å². The molecule has 1 aromatic carbocycles. The van der Waals surface area contributed by atoms with Gasteiger partial charge in [0.15, 0.2) is 0 Å². The molecule has 3 nitrogen and oxygen atoms in total. The second-order valence-corrected chi connectivity index (χ2v) is 3.90. The van der Waals surface area contributed by atoms with Gasteiger partial charge in [-0.05, 0) is 25.5 Å². The Morgan fingerprint density at radius 1 is 1.36 bits per heavy atom. The molecule has 0 spiro atoms. The molecule has 1 saturated heterocycles. The SMILES string of the molecule is Nc1ccccc1C1(O)CCCNC1. The summed E-state index contributed by atoms with van der Waals surface area (Å²) in [6, 6.07) is 7.54. The summed E-state index contributed by atoms with van der Waals surface area (Å²) in [6.45, 7) is 1.58. The number of benzene rings is 1. The Balaban J connectivity index is 2.32. The smallest absolute Gasteiger partial charge is 0.104 e. The van der Waals surface area contributed by atoms with E-state index in [0.29, 0.717) is 12.2 Å². The number of nitrogens with one attached hydrogen (secondary N) is 1. The third kappa shape index (κ3) is 1.61. The number of β-amino-alcohol motifs (C(OH)–C–C–N with tert-alkyl or cyclic N) is 1. The minimum atomic E-state index is -0.774. The van der Waals surface area contributed by atoms with Gasteiger partial charge in [-0.2, -0.15) is 0 Å². The molecule has 76 valence electrons. The Bertz CT molecular complexity index is 319. The van der Waals surface area contributed by atoms with Crippen molar-refractivity contribution >= 4 is 5.69 Å². The predicted molar refractivity (Wildman–Crippen MR) is 56.9 cm³/mol. The highest BCUT2D eigenvalue weighted by molar-refractivity contribution is 5.49. The molecule has 0 amide bonds. The van der Waals surface area contributed by atoms with Gasteiger partial charge in [0.2, 0.25) is 0 Å². The zero-order valence-electron chi connectivity index (χ0n) is 8.16. The number of aliphatic hydroxyl groups is 1. The lowest BCUT2D eigenvalue weighted by Crippen LogP contribution is -2.43. The standard InChI is InChI=1S/C11H16N2O/c12-10-5-2-1-4-9(10)11(14)6-3-7-13-8-11/h1-2,4-5,13-14H,3,6-8,12H2. The van der Waals surface area contributed by atoms with Gasteiger partial charge in [-0.25, -0.2) is 0 Å². The van der Waals surface area contributed by atoms with Crippen molar-refractivity contribution in [2.45, 2.75) is 18.4 Å². The molecule has 3 heteroatoms. The zero-order chi connectivity index (χ0) is 10.0. The quantitative estimate of drug-likeness (QED) is 0.578. The van der Waals surface area contributed by atoms with E-state index in [-0.39, 0.29) is 0 Å². The highest BCUT2D eigenvalue weighted by atomic mass is 16.3. The van der Waals surface area contributed by atoms with Gasteiger partial charge in [0.05, 0.1) is 0 Å². The highest BCUT2D eigenvalue weighted by Gasteiger charge is 2.32. The van der Waals surface area contributed by atoms with E-state index >= 15 is 0 Å². The number of nitrogen functional groups attached to an aromatic ring is 1. The molecule has 14 heavy (non-hydrogen) atoms. The largest absolute Gasteiger partial charge is 0.398 e. The average molecular weight is 192 g/mol. The lowest BCUT2D eigenvalue weighted by Gasteiger charge is -2.33. The summed E-state index contributed by atoms with van der Waals surface area (Å²) in [7, 11) is 0. The first-order valence-electron chi connectivity index (χ1n) is 5.00. The third-order valence-corrected chi connectivity index (χ3v) is 2.82. The Kier molecular flexibility index (Phi) is 2.44. The lowest BCUT2D eigenvalue weighted by atomic mass is 9.86. The molecular weight excluding hydrogens is 176 g/mol. The number of anilines is 1. The fraction of sp³-hybridized carbons (Fsp3) is 0.455. The van der Waals surface area contributed by atoms with E-state index in [1.165, 1.54) is 0 Å². The van der Waals surface area contributed by atoms with E-state index in [1.807, 2.05) is 24.3 Å². The van der Waals surface area contributed by atoms with E-state index in [9.17, 15) is 5.11 Å². The van der Waals surface area contributed by atoms with E-state index in [2.05, 4.69) is 5.32 Å². The van der Waals surface area contributed by atoms with E-state index in [1.54, 1.807) is 0 Å². The Labute approximate surface area is 83.9 Å². The summed E-state index contributed by atoms with van der Waals surface area (Å²) in [5.41, 5.74) is 6.61. The maximum Gasteiger partial charge on any atom is 0.104 e. The van der Waals surface area contributed by atoms with Gasteiger partial charge in [0.25, 0.3) is 0 Å². The van der Waals surface area contributed by atoms with Crippen molar-refractivity contribution in [1.82, 2.24) is 5.32 Å². The van der Waals surface area contributed by atoms with Crippen molar-refractivity contribution in [1.29, 1.82) is 0 Å². The number of rotatable bonds is 1. The van der Waals surface area contributed by atoms with Crippen molar-refractivity contribution in [2.75, 3.05) is 18.8 Å². The van der Waals surface area contributed by atoms with Gasteiger partial charge in [-0.1, -0.05) is 18.2 Å². The predicted octanol–water partition coefficient (Wildman–Crippen LogP) is 0.840. The Hall–Kier alpha value is -1.06. The number of para-hydroxylation sites is 1. The fourth-order valence-corrected chi connectivity index (χ4v) is 2.04. The van der Waals surface area contributed by atoms with Gasteiger partial charge in [0.1, 0.15) is 5.60 Å². The van der Waals surface area contributed by atoms with Crippen LogP contribution in [0.3, 0.4) is 0 Å². The molecule has 0 aromatic heterocycles. The van der Waals surface area contributed by atoms with Crippen LogP contribution in [0.1, 0.15) is 18.4 Å². The molecule has 1 atom stereocenters. The van der Waals surface area contributed by atoms with Crippen molar-refractivity contribution in [3.8, 4) is 0 Å². The lowest BCUT2D eigenvalue weighted by molar-refractivity contribution is 0.0130. The monoisotopic (exact) mass is 192 g/mol. The Morgan fingerprint density at radius 2 is 2.14 bits per heavy atom. The van der Waals surface area contributed by atoms with Crippen LogP contribution in [0, 0.1) is 0 Å². The van der Waals surface area contributed by atoms with Gasteiger partial charge in [0, 0.05) is 17.8 Å². The van der Waals surface area contributed by atoms with Crippen LogP contribution >= 0.6 is 0 Å². The summed E-state index contributed by atoms with van der Waals surface area (Å²) >= 11 is 0. The zero-order valence-corrected chi connectivity index (χ0v) is 8.16. The molecule has 4 N–H and O–H groups in total. The molecule has 1 aromatic rings. The third-order valence-electron chi connectivity index (χ3n) is 2.82. The van der Waals surface area contributed by atoms with E-state index in [0.717, 1.165) is 24.9 Å². The first-order chi connectivity index (χ1) is 6.72. The van der Waals surface area contributed by atoms with Crippen molar-refractivity contribution in [2.24, 2.45) is 0 Å². The second kappa shape index (κ2) is 3.59. The topological polar surface area (TPSA) is 58.3 Å². The molecule has 1 aliphatic rings. The number of hydrogen-bond donors (Lipinski definition) is 3. The van der Waals surface area contributed by atoms with Crippen LogP contribution in [-0.4, -0.2) is 18.2 Å². The van der Waals surface area contributed by atoms with Crippen molar-refractivity contribution < 1.29 is 5.11 Å². The molecule has 1 unspecified atom stereocenters. The maximum absolute atomic E-state index is 10.4. The van der Waals surface area contributed by atoms with Crippen LogP contribution in [0.2, 0.25) is 0 Å². The van der Waals surface area contributed by atoms with Crippen molar-refractivity contribution in [3.05, 3.63) is 29.8 Å². The first kappa shape index (κ1) is 9.49. The molecule has 2 rings (SSSR count). The van der Waals surface area contributed by atoms with Crippen LogP contribution in [0.5, 0.6) is 0 Å². The normalized spacial score (nSPS) is 27.5. The van der Waals surface area contributed by atoms with Crippen LogP contribution in [0.25, 0.3) is 0 Å². The summed E-state index contributed by atoms with van der Waals surface area (Å²) in [4.78, 5) is 0. The second-order valence-electron chi connectivity index (χ2n) is 3.90. The molecule has 0 saturated carbocycles. The summed E-state index contributed by atoms with van der Waals surface area (Å²) < 4.78 is 0. The minimum Gasteiger partial charge on any atom is -0.398 e. The van der Waals surface area contributed by atoms with Crippen LogP contribution < -0.4 is 11.1 Å². The van der Waals surface area contributed by atoms with Crippen LogP contribution in [0.15, 0.2) is 24.3 Å². The molecule has 1 heterocycles. The minimum absolute atomic E-state index is 0.598. The molecule has 1 aliphatic heterocycles. The Morgan fingerprint density at radius 3 is 2.79 bits per heavy atom. The summed E-state index contributed by atoms with van der Waals surface area (Å²) in [6.07, 6.45) is 1.78. The molecule has 1 fully saturated rings. The maximum atomic E-state index is 10.4. The average Bonchev–Trinajstić information content (AvgIpc) is 2.19. The van der Waals surface area contributed by atoms with Crippen LogP contribution in [0.4, 0.5) is 5.69 Å². The first-order valence-corrected chi connectivity index (χ1v) is 5.00. The molecular formula is C11H16N2O. The van der Waals surface area contributed by atoms with E-state index < -0.39 is 5.60 Å². The molecule has 0 radical (unpaired) electrons. The highest BCUT2D eigenvalue weighted by Crippen LogP contribution is 2.31. The molecule has 0 aliphatic carbocycles. The fourth-order valence-electron chi connectivity index (χ4n) is 2.04. The van der Waals surface area contributed by atoms with Gasteiger partial charge in [-0.15, -0.1) is 0 Å².